The monoisotopic (exact) mass is 376 g/mol. The summed E-state index contributed by atoms with van der Waals surface area (Å²) in [6, 6.07) is 27.7. The van der Waals surface area contributed by atoms with Crippen molar-refractivity contribution in [2.24, 2.45) is 0 Å². The molecule has 0 unspecified atom stereocenters. The predicted octanol–water partition coefficient (Wildman–Crippen LogP) is 6.51. The van der Waals surface area contributed by atoms with Gasteiger partial charge in [-0.3, -0.25) is 0 Å². The Morgan fingerprint density at radius 3 is 1.61 bits per heavy atom. The highest BCUT2D eigenvalue weighted by atomic mass is 16.5. The fourth-order valence-corrected chi connectivity index (χ4v) is 2.61. The van der Waals surface area contributed by atoms with Crippen molar-refractivity contribution < 1.29 is 9.84 Å². The molecule has 28 heavy (non-hydrogen) atoms. The molecule has 3 rings (SSSR count). The van der Waals surface area contributed by atoms with Gasteiger partial charge in [0.2, 0.25) is 0 Å². The van der Waals surface area contributed by atoms with Crippen LogP contribution in [0.25, 0.3) is 22.3 Å². The van der Waals surface area contributed by atoms with Gasteiger partial charge in [-0.15, -0.1) is 0 Å². The van der Waals surface area contributed by atoms with Crippen molar-refractivity contribution in [3.63, 3.8) is 0 Å². The summed E-state index contributed by atoms with van der Waals surface area (Å²) >= 11 is 0. The summed E-state index contributed by atoms with van der Waals surface area (Å²) in [6.45, 7) is 9.34. The van der Waals surface area contributed by atoms with E-state index >= 15 is 0 Å². The van der Waals surface area contributed by atoms with Gasteiger partial charge in [0.15, 0.2) is 0 Å². The Morgan fingerprint density at radius 2 is 1.18 bits per heavy atom. The van der Waals surface area contributed by atoms with Gasteiger partial charge in [-0.25, -0.2) is 0 Å². The molecule has 0 saturated carbocycles. The van der Waals surface area contributed by atoms with Gasteiger partial charge in [-0.05, 0) is 68.5 Å². The van der Waals surface area contributed by atoms with Crippen LogP contribution in [0.5, 0.6) is 0 Å². The molecule has 0 heterocycles. The summed E-state index contributed by atoms with van der Waals surface area (Å²) in [6.07, 6.45) is 0. The maximum absolute atomic E-state index is 9.42. The standard InChI is InChI=1S/C19H16.C7H16O2/c1-15-12-13-18(16-8-4-2-5-9-16)14-19(15)17-10-6-3-7-11-17;1-6(2,8)7(3,4)9-5/h2-14H,1H3;8H,1-5H3. The number of hydrogen-bond donors (Lipinski definition) is 1. The average molecular weight is 377 g/mol. The van der Waals surface area contributed by atoms with Crippen molar-refractivity contribution in [2.45, 2.75) is 45.8 Å². The molecule has 3 aromatic carbocycles. The van der Waals surface area contributed by atoms with E-state index in [1.54, 1.807) is 21.0 Å². The molecule has 148 valence electrons. The zero-order valence-corrected chi connectivity index (χ0v) is 17.9. The molecular formula is C26H32O2. The molecule has 0 aliphatic rings. The van der Waals surface area contributed by atoms with Crippen LogP contribution < -0.4 is 0 Å². The Labute approximate surface area is 169 Å². The van der Waals surface area contributed by atoms with E-state index in [0.717, 1.165) is 0 Å². The highest BCUT2D eigenvalue weighted by molar-refractivity contribution is 5.75. The topological polar surface area (TPSA) is 29.5 Å². The van der Waals surface area contributed by atoms with Crippen molar-refractivity contribution in [3.8, 4) is 22.3 Å². The number of aliphatic hydroxyl groups is 1. The van der Waals surface area contributed by atoms with Crippen LogP contribution in [-0.4, -0.2) is 23.4 Å². The van der Waals surface area contributed by atoms with Gasteiger partial charge in [0, 0.05) is 7.11 Å². The van der Waals surface area contributed by atoms with E-state index in [-0.39, 0.29) is 0 Å². The molecule has 0 aromatic heterocycles. The smallest absolute Gasteiger partial charge is 0.0902 e. The van der Waals surface area contributed by atoms with Crippen molar-refractivity contribution in [1.29, 1.82) is 0 Å². The zero-order chi connectivity index (χ0) is 20.8. The molecule has 2 nitrogen and oxygen atoms in total. The van der Waals surface area contributed by atoms with Crippen LogP contribution in [0.1, 0.15) is 33.3 Å². The lowest BCUT2D eigenvalue weighted by Gasteiger charge is -2.35. The molecule has 2 heteroatoms. The van der Waals surface area contributed by atoms with Crippen molar-refractivity contribution >= 4 is 0 Å². The van der Waals surface area contributed by atoms with E-state index in [2.05, 4.69) is 85.8 Å². The van der Waals surface area contributed by atoms with Gasteiger partial charge in [-0.2, -0.15) is 0 Å². The lowest BCUT2D eigenvalue weighted by Crippen LogP contribution is -2.46. The summed E-state index contributed by atoms with van der Waals surface area (Å²) in [4.78, 5) is 0. The van der Waals surface area contributed by atoms with Gasteiger partial charge in [0.1, 0.15) is 0 Å². The summed E-state index contributed by atoms with van der Waals surface area (Å²) < 4.78 is 5.05. The molecule has 1 N–H and O–H groups in total. The van der Waals surface area contributed by atoms with Crippen LogP contribution >= 0.6 is 0 Å². The fraction of sp³-hybridized carbons (Fsp3) is 0.308. The molecule has 0 bridgehead atoms. The van der Waals surface area contributed by atoms with E-state index in [1.807, 2.05) is 13.8 Å². The normalized spacial score (nSPS) is 11.5. The molecule has 0 saturated heterocycles. The average Bonchev–Trinajstić information content (AvgIpc) is 2.69. The number of hydrogen-bond acceptors (Lipinski definition) is 2. The molecule has 0 fully saturated rings. The maximum atomic E-state index is 9.42. The maximum Gasteiger partial charge on any atom is 0.0902 e. The number of ether oxygens (including phenoxy) is 1. The number of aryl methyl sites for hydroxylation is 1. The van der Waals surface area contributed by atoms with Gasteiger partial charge in [-0.1, -0.05) is 72.8 Å². The number of methoxy groups -OCH3 is 1. The fourth-order valence-electron chi connectivity index (χ4n) is 2.61. The summed E-state index contributed by atoms with van der Waals surface area (Å²) in [5, 5.41) is 9.42. The molecule has 0 atom stereocenters. The molecule has 0 amide bonds. The first-order chi connectivity index (χ1) is 13.2. The van der Waals surface area contributed by atoms with Crippen LogP contribution in [0.4, 0.5) is 0 Å². The molecule has 0 aliphatic heterocycles. The first-order valence-corrected chi connectivity index (χ1v) is 9.65. The summed E-state index contributed by atoms with van der Waals surface area (Å²) in [7, 11) is 1.60. The Kier molecular flexibility index (Phi) is 7.17. The van der Waals surface area contributed by atoms with Crippen molar-refractivity contribution in [1.82, 2.24) is 0 Å². The third kappa shape index (κ3) is 5.54. The van der Waals surface area contributed by atoms with Gasteiger partial charge < -0.3 is 9.84 Å². The molecular weight excluding hydrogens is 344 g/mol. The largest absolute Gasteiger partial charge is 0.387 e. The first kappa shape index (κ1) is 21.9. The molecule has 0 aliphatic carbocycles. The minimum Gasteiger partial charge on any atom is -0.387 e. The number of benzene rings is 3. The Balaban J connectivity index is 0.000000266. The summed E-state index contributed by atoms with van der Waals surface area (Å²) in [5.74, 6) is 0. The van der Waals surface area contributed by atoms with Crippen LogP contribution in [0, 0.1) is 6.92 Å². The van der Waals surface area contributed by atoms with Crippen LogP contribution in [-0.2, 0) is 4.74 Å². The van der Waals surface area contributed by atoms with Crippen LogP contribution in [0.2, 0.25) is 0 Å². The van der Waals surface area contributed by atoms with Crippen LogP contribution in [0.3, 0.4) is 0 Å². The molecule has 0 radical (unpaired) electrons. The van der Waals surface area contributed by atoms with Crippen molar-refractivity contribution in [3.05, 3.63) is 84.4 Å². The lowest BCUT2D eigenvalue weighted by atomic mass is 9.90. The predicted molar refractivity (Wildman–Crippen MR) is 119 cm³/mol. The summed E-state index contributed by atoms with van der Waals surface area (Å²) in [5.41, 5.74) is 5.18. The second kappa shape index (κ2) is 9.18. The SMILES string of the molecule is COC(C)(C)C(C)(C)O.Cc1ccc(-c2ccccc2)cc1-c1ccccc1. The third-order valence-electron chi connectivity index (χ3n) is 5.41. The minimum atomic E-state index is -0.776. The second-order valence-electron chi connectivity index (χ2n) is 8.04. The number of rotatable bonds is 4. The Hall–Kier alpha value is -2.42. The molecule has 3 aromatic rings. The molecule has 0 spiro atoms. The van der Waals surface area contributed by atoms with Gasteiger partial charge in [0.05, 0.1) is 11.2 Å². The van der Waals surface area contributed by atoms with E-state index in [1.165, 1.54) is 27.8 Å². The van der Waals surface area contributed by atoms with Crippen LogP contribution in [0.15, 0.2) is 78.9 Å². The van der Waals surface area contributed by atoms with E-state index in [0.29, 0.717) is 0 Å². The third-order valence-corrected chi connectivity index (χ3v) is 5.41. The van der Waals surface area contributed by atoms with E-state index in [9.17, 15) is 5.11 Å². The highest BCUT2D eigenvalue weighted by Crippen LogP contribution is 2.29. The van der Waals surface area contributed by atoms with E-state index < -0.39 is 11.2 Å². The van der Waals surface area contributed by atoms with E-state index in [4.69, 9.17) is 4.74 Å². The Morgan fingerprint density at radius 1 is 0.679 bits per heavy atom. The van der Waals surface area contributed by atoms with Gasteiger partial charge in [0.25, 0.3) is 0 Å². The minimum absolute atomic E-state index is 0.465. The lowest BCUT2D eigenvalue weighted by molar-refractivity contribution is -0.129. The second-order valence-corrected chi connectivity index (χ2v) is 8.04. The first-order valence-electron chi connectivity index (χ1n) is 9.65. The van der Waals surface area contributed by atoms with Crippen molar-refractivity contribution in [2.75, 3.05) is 7.11 Å². The Bertz CT molecular complexity index is 860. The zero-order valence-electron chi connectivity index (χ0n) is 17.9. The quantitative estimate of drug-likeness (QED) is 0.562. The highest BCUT2D eigenvalue weighted by Gasteiger charge is 2.34. The van der Waals surface area contributed by atoms with Gasteiger partial charge >= 0.3 is 0 Å².